The van der Waals surface area contributed by atoms with Crippen LogP contribution in [-0.4, -0.2) is 12.5 Å². The SMILES string of the molecule is COc1c(C(C)C(C)Cl)ccc(C)c1C. The highest BCUT2D eigenvalue weighted by atomic mass is 35.5. The molecular formula is C13H19ClO. The Kier molecular flexibility index (Phi) is 4.04. The predicted octanol–water partition coefficient (Wildman–Crippen LogP) is 4.04. The summed E-state index contributed by atoms with van der Waals surface area (Å²) in [6.07, 6.45) is 0. The molecule has 1 aromatic carbocycles. The summed E-state index contributed by atoms with van der Waals surface area (Å²) in [7, 11) is 1.72. The molecule has 0 saturated carbocycles. The van der Waals surface area contributed by atoms with Crippen LogP contribution in [0.4, 0.5) is 0 Å². The zero-order valence-corrected chi connectivity index (χ0v) is 10.9. The van der Waals surface area contributed by atoms with Crippen LogP contribution >= 0.6 is 11.6 Å². The van der Waals surface area contributed by atoms with Crippen molar-refractivity contribution < 1.29 is 4.74 Å². The number of aryl methyl sites for hydroxylation is 1. The van der Waals surface area contributed by atoms with Crippen molar-refractivity contribution >= 4 is 11.6 Å². The minimum atomic E-state index is 0.112. The molecule has 0 bridgehead atoms. The second-order valence-corrected chi connectivity index (χ2v) is 4.78. The van der Waals surface area contributed by atoms with E-state index in [0.29, 0.717) is 5.92 Å². The Morgan fingerprint density at radius 2 is 1.80 bits per heavy atom. The van der Waals surface area contributed by atoms with Crippen molar-refractivity contribution in [3.05, 3.63) is 28.8 Å². The first kappa shape index (κ1) is 12.4. The van der Waals surface area contributed by atoms with E-state index in [0.717, 1.165) is 5.75 Å². The number of benzene rings is 1. The highest BCUT2D eigenvalue weighted by molar-refractivity contribution is 6.20. The van der Waals surface area contributed by atoms with Crippen LogP contribution in [0.1, 0.15) is 36.5 Å². The smallest absolute Gasteiger partial charge is 0.125 e. The van der Waals surface area contributed by atoms with Gasteiger partial charge in [-0.05, 0) is 37.5 Å². The Morgan fingerprint density at radius 3 is 2.27 bits per heavy atom. The molecule has 0 N–H and O–H groups in total. The molecule has 1 nitrogen and oxygen atoms in total. The maximum Gasteiger partial charge on any atom is 0.125 e. The fourth-order valence-corrected chi connectivity index (χ4v) is 1.82. The largest absolute Gasteiger partial charge is 0.496 e. The first-order chi connectivity index (χ1) is 6.99. The highest BCUT2D eigenvalue weighted by Crippen LogP contribution is 2.34. The maximum absolute atomic E-state index is 6.13. The van der Waals surface area contributed by atoms with Gasteiger partial charge in [-0.25, -0.2) is 0 Å². The Bertz CT molecular complexity index is 345. The zero-order chi connectivity index (χ0) is 11.6. The van der Waals surface area contributed by atoms with Crippen LogP contribution in [0.15, 0.2) is 12.1 Å². The van der Waals surface area contributed by atoms with E-state index in [1.165, 1.54) is 16.7 Å². The molecule has 0 saturated heterocycles. The number of hydrogen-bond acceptors (Lipinski definition) is 1. The number of ether oxygens (including phenoxy) is 1. The minimum Gasteiger partial charge on any atom is -0.496 e. The summed E-state index contributed by atoms with van der Waals surface area (Å²) in [6.45, 7) is 8.32. The fourth-order valence-electron chi connectivity index (χ4n) is 1.69. The molecule has 0 spiro atoms. The van der Waals surface area contributed by atoms with Crippen LogP contribution in [0.5, 0.6) is 5.75 Å². The van der Waals surface area contributed by atoms with Crippen LogP contribution in [0, 0.1) is 13.8 Å². The average Bonchev–Trinajstić information content (AvgIpc) is 2.20. The lowest BCUT2D eigenvalue weighted by Gasteiger charge is -2.20. The quantitative estimate of drug-likeness (QED) is 0.707. The predicted molar refractivity (Wildman–Crippen MR) is 66.2 cm³/mol. The third-order valence-electron chi connectivity index (χ3n) is 3.09. The second kappa shape index (κ2) is 4.89. The number of rotatable bonds is 3. The van der Waals surface area contributed by atoms with E-state index in [2.05, 4.69) is 32.9 Å². The van der Waals surface area contributed by atoms with Gasteiger partial charge in [0, 0.05) is 11.3 Å². The fraction of sp³-hybridized carbons (Fsp3) is 0.538. The zero-order valence-electron chi connectivity index (χ0n) is 10.1. The van der Waals surface area contributed by atoms with E-state index < -0.39 is 0 Å². The van der Waals surface area contributed by atoms with Crippen LogP contribution < -0.4 is 4.74 Å². The van der Waals surface area contributed by atoms with Crippen LogP contribution in [0.2, 0.25) is 0 Å². The molecule has 1 aromatic rings. The second-order valence-electron chi connectivity index (χ2n) is 4.10. The first-order valence-corrected chi connectivity index (χ1v) is 5.70. The summed E-state index contributed by atoms with van der Waals surface area (Å²) < 4.78 is 5.47. The molecule has 0 aliphatic carbocycles. The molecule has 0 amide bonds. The van der Waals surface area contributed by atoms with Gasteiger partial charge in [0.25, 0.3) is 0 Å². The first-order valence-electron chi connectivity index (χ1n) is 5.27. The van der Waals surface area contributed by atoms with Crippen molar-refractivity contribution in [3.63, 3.8) is 0 Å². The third kappa shape index (κ3) is 2.46. The Hall–Kier alpha value is -0.690. The van der Waals surface area contributed by atoms with Crippen LogP contribution in [-0.2, 0) is 0 Å². The standard InChI is InChI=1S/C13H19ClO/c1-8-6-7-12(10(3)11(4)14)13(15-5)9(8)2/h6-7,10-11H,1-5H3. The van der Waals surface area contributed by atoms with Crippen molar-refractivity contribution in [2.45, 2.75) is 39.0 Å². The topological polar surface area (TPSA) is 9.23 Å². The van der Waals surface area contributed by atoms with E-state index in [4.69, 9.17) is 16.3 Å². The Balaban J connectivity index is 3.24. The van der Waals surface area contributed by atoms with Gasteiger partial charge in [-0.1, -0.05) is 19.1 Å². The molecule has 2 unspecified atom stereocenters. The summed E-state index contributed by atoms with van der Waals surface area (Å²) in [5.74, 6) is 1.29. The van der Waals surface area contributed by atoms with E-state index in [1.807, 2.05) is 6.92 Å². The summed E-state index contributed by atoms with van der Waals surface area (Å²) >= 11 is 6.13. The van der Waals surface area contributed by atoms with Gasteiger partial charge in [0.1, 0.15) is 5.75 Å². The lowest BCUT2D eigenvalue weighted by Crippen LogP contribution is -2.08. The molecule has 0 heterocycles. The summed E-state index contributed by atoms with van der Waals surface area (Å²) in [4.78, 5) is 0. The molecule has 0 aliphatic rings. The van der Waals surface area contributed by atoms with E-state index >= 15 is 0 Å². The van der Waals surface area contributed by atoms with E-state index in [9.17, 15) is 0 Å². The summed E-state index contributed by atoms with van der Waals surface area (Å²) in [5, 5.41) is 0.112. The molecule has 0 fully saturated rings. The van der Waals surface area contributed by atoms with Crippen molar-refractivity contribution in [2.24, 2.45) is 0 Å². The molecule has 0 aromatic heterocycles. The van der Waals surface area contributed by atoms with Gasteiger partial charge in [-0.2, -0.15) is 0 Å². The van der Waals surface area contributed by atoms with Crippen molar-refractivity contribution in [1.82, 2.24) is 0 Å². The number of methoxy groups -OCH3 is 1. The number of alkyl halides is 1. The van der Waals surface area contributed by atoms with Gasteiger partial charge in [-0.3, -0.25) is 0 Å². The Morgan fingerprint density at radius 1 is 1.20 bits per heavy atom. The lowest BCUT2D eigenvalue weighted by atomic mass is 9.93. The average molecular weight is 227 g/mol. The van der Waals surface area contributed by atoms with Crippen molar-refractivity contribution in [1.29, 1.82) is 0 Å². The van der Waals surface area contributed by atoms with Crippen molar-refractivity contribution in [2.75, 3.05) is 7.11 Å². The molecule has 2 heteroatoms. The molecule has 1 rings (SSSR count). The monoisotopic (exact) mass is 226 g/mol. The highest BCUT2D eigenvalue weighted by Gasteiger charge is 2.18. The Labute approximate surface area is 97.4 Å². The number of halogens is 1. The van der Waals surface area contributed by atoms with Gasteiger partial charge < -0.3 is 4.74 Å². The molecule has 0 aliphatic heterocycles. The van der Waals surface area contributed by atoms with Gasteiger partial charge in [0.2, 0.25) is 0 Å². The third-order valence-corrected chi connectivity index (χ3v) is 3.47. The number of hydrogen-bond donors (Lipinski definition) is 0. The normalized spacial score (nSPS) is 14.8. The maximum atomic E-state index is 6.13. The molecule has 15 heavy (non-hydrogen) atoms. The lowest BCUT2D eigenvalue weighted by molar-refractivity contribution is 0.402. The van der Waals surface area contributed by atoms with Gasteiger partial charge >= 0.3 is 0 Å². The molecular weight excluding hydrogens is 208 g/mol. The van der Waals surface area contributed by atoms with Gasteiger partial charge in [-0.15, -0.1) is 11.6 Å². The minimum absolute atomic E-state index is 0.112. The summed E-state index contributed by atoms with van der Waals surface area (Å²) in [6, 6.07) is 4.24. The molecule has 84 valence electrons. The van der Waals surface area contributed by atoms with Crippen LogP contribution in [0.3, 0.4) is 0 Å². The summed E-state index contributed by atoms with van der Waals surface area (Å²) in [5.41, 5.74) is 3.66. The van der Waals surface area contributed by atoms with Crippen LogP contribution in [0.25, 0.3) is 0 Å². The van der Waals surface area contributed by atoms with E-state index in [1.54, 1.807) is 7.11 Å². The van der Waals surface area contributed by atoms with Crippen molar-refractivity contribution in [3.8, 4) is 5.75 Å². The molecule has 0 radical (unpaired) electrons. The van der Waals surface area contributed by atoms with Gasteiger partial charge in [0.15, 0.2) is 0 Å². The van der Waals surface area contributed by atoms with Gasteiger partial charge in [0.05, 0.1) is 7.11 Å². The molecule has 2 atom stereocenters. The van der Waals surface area contributed by atoms with E-state index in [-0.39, 0.29) is 5.38 Å².